The number of amides is 1. The molecular formula is C17H18N4O. The van der Waals surface area contributed by atoms with Gasteiger partial charge in [-0.3, -0.25) is 9.78 Å². The molecule has 5 heteroatoms. The molecule has 0 aliphatic carbocycles. The number of anilines is 1. The van der Waals surface area contributed by atoms with E-state index in [0.717, 1.165) is 30.6 Å². The zero-order valence-electron chi connectivity index (χ0n) is 12.3. The number of pyridine rings is 1. The first-order valence-corrected chi connectivity index (χ1v) is 7.38. The molecule has 5 nitrogen and oxygen atoms in total. The average Bonchev–Trinajstić information content (AvgIpc) is 2.56. The number of para-hydroxylation sites is 1. The van der Waals surface area contributed by atoms with Crippen LogP contribution >= 0.6 is 0 Å². The van der Waals surface area contributed by atoms with E-state index in [1.165, 1.54) is 5.56 Å². The van der Waals surface area contributed by atoms with Gasteiger partial charge in [0, 0.05) is 30.2 Å². The Labute approximate surface area is 129 Å². The summed E-state index contributed by atoms with van der Waals surface area (Å²) < 4.78 is 0. The van der Waals surface area contributed by atoms with Crippen LogP contribution in [0.2, 0.25) is 0 Å². The molecule has 112 valence electrons. The molecule has 1 amide bonds. The molecule has 0 atom stereocenters. The van der Waals surface area contributed by atoms with E-state index in [2.05, 4.69) is 32.5 Å². The summed E-state index contributed by atoms with van der Waals surface area (Å²) in [6.07, 6.45) is 7.13. The maximum Gasteiger partial charge on any atom is 0.259 e. The minimum atomic E-state index is -0.114. The number of rotatable bonds is 4. The van der Waals surface area contributed by atoms with Crippen LogP contribution in [0.5, 0.6) is 0 Å². The number of carbonyl (C=O) groups is 1. The average molecular weight is 294 g/mol. The van der Waals surface area contributed by atoms with Crippen LogP contribution in [-0.4, -0.2) is 30.2 Å². The highest BCUT2D eigenvalue weighted by Crippen LogP contribution is 2.26. The molecule has 0 saturated heterocycles. The van der Waals surface area contributed by atoms with Crippen molar-refractivity contribution in [1.29, 1.82) is 0 Å². The van der Waals surface area contributed by atoms with Crippen LogP contribution in [0.25, 0.3) is 0 Å². The van der Waals surface area contributed by atoms with Gasteiger partial charge < -0.3 is 4.90 Å². The van der Waals surface area contributed by atoms with Gasteiger partial charge in [-0.1, -0.05) is 24.3 Å². The van der Waals surface area contributed by atoms with Crippen molar-refractivity contribution in [3.63, 3.8) is 0 Å². The van der Waals surface area contributed by atoms with Crippen LogP contribution in [0.4, 0.5) is 5.69 Å². The lowest BCUT2D eigenvalue weighted by atomic mass is 10.0. The molecule has 2 heterocycles. The quantitative estimate of drug-likeness (QED) is 0.693. The highest BCUT2D eigenvalue weighted by Gasteiger charge is 2.18. The van der Waals surface area contributed by atoms with E-state index in [9.17, 15) is 4.79 Å². The van der Waals surface area contributed by atoms with Crippen LogP contribution in [-0.2, 0) is 11.2 Å². The summed E-state index contributed by atoms with van der Waals surface area (Å²) in [6, 6.07) is 12.0. The lowest BCUT2D eigenvalue weighted by molar-refractivity contribution is -0.119. The van der Waals surface area contributed by atoms with Crippen molar-refractivity contribution in [2.75, 3.05) is 18.0 Å². The van der Waals surface area contributed by atoms with Crippen molar-refractivity contribution in [2.24, 2.45) is 5.10 Å². The first-order chi connectivity index (χ1) is 10.8. The van der Waals surface area contributed by atoms with Gasteiger partial charge in [0.25, 0.3) is 5.91 Å². The van der Waals surface area contributed by atoms with Crippen LogP contribution in [0, 0.1) is 0 Å². The van der Waals surface area contributed by atoms with E-state index in [4.69, 9.17) is 0 Å². The highest BCUT2D eigenvalue weighted by atomic mass is 16.2. The number of hydrogen-bond donors (Lipinski definition) is 1. The number of benzene rings is 1. The molecule has 0 radical (unpaired) electrons. The summed E-state index contributed by atoms with van der Waals surface area (Å²) in [5, 5.41) is 3.97. The van der Waals surface area contributed by atoms with Gasteiger partial charge in [0.15, 0.2) is 0 Å². The number of aryl methyl sites for hydroxylation is 1. The summed E-state index contributed by atoms with van der Waals surface area (Å²) in [6.45, 7) is 1.22. The number of aromatic nitrogens is 1. The van der Waals surface area contributed by atoms with Gasteiger partial charge in [-0.25, -0.2) is 5.43 Å². The van der Waals surface area contributed by atoms with Gasteiger partial charge in [0.2, 0.25) is 0 Å². The number of hydrogen-bond acceptors (Lipinski definition) is 4. The lowest BCUT2D eigenvalue weighted by Gasteiger charge is -2.30. The molecule has 2 aromatic rings. The summed E-state index contributed by atoms with van der Waals surface area (Å²) >= 11 is 0. The fourth-order valence-corrected chi connectivity index (χ4v) is 2.62. The smallest absolute Gasteiger partial charge is 0.259 e. The predicted molar refractivity (Wildman–Crippen MR) is 86.9 cm³/mol. The Morgan fingerprint density at radius 1 is 1.32 bits per heavy atom. The topological polar surface area (TPSA) is 57.6 Å². The lowest BCUT2D eigenvalue weighted by Crippen LogP contribution is -2.38. The fourth-order valence-electron chi connectivity index (χ4n) is 2.62. The van der Waals surface area contributed by atoms with Gasteiger partial charge >= 0.3 is 0 Å². The second-order valence-electron chi connectivity index (χ2n) is 5.23. The standard InChI is InChI=1S/C17H18N4O/c22-17(20-19-12-14-5-3-9-18-11-14)13-21-10-4-7-15-6-1-2-8-16(15)21/h1-3,5-6,8-9,11-12H,4,7,10,13H2,(H,20,22)/b19-12-. The van der Waals surface area contributed by atoms with Gasteiger partial charge in [0.1, 0.15) is 0 Å². The molecule has 1 aliphatic rings. The molecule has 0 unspecified atom stereocenters. The van der Waals surface area contributed by atoms with E-state index in [1.54, 1.807) is 18.6 Å². The molecule has 22 heavy (non-hydrogen) atoms. The van der Waals surface area contributed by atoms with Gasteiger partial charge in [-0.2, -0.15) is 5.10 Å². The molecule has 3 rings (SSSR count). The Bertz CT molecular complexity index is 669. The molecule has 0 bridgehead atoms. The summed E-state index contributed by atoms with van der Waals surface area (Å²) in [4.78, 5) is 18.1. The molecule has 0 saturated carbocycles. The predicted octanol–water partition coefficient (Wildman–Crippen LogP) is 1.98. The van der Waals surface area contributed by atoms with Crippen molar-refractivity contribution in [3.05, 3.63) is 59.9 Å². The third kappa shape index (κ3) is 3.49. The maximum absolute atomic E-state index is 12.0. The van der Waals surface area contributed by atoms with Crippen molar-refractivity contribution in [2.45, 2.75) is 12.8 Å². The minimum absolute atomic E-state index is 0.114. The Morgan fingerprint density at radius 3 is 3.09 bits per heavy atom. The maximum atomic E-state index is 12.0. The highest BCUT2D eigenvalue weighted by molar-refractivity contribution is 5.84. The van der Waals surface area contributed by atoms with Gasteiger partial charge in [-0.05, 0) is 30.5 Å². The summed E-state index contributed by atoms with van der Waals surface area (Å²) in [5.41, 5.74) is 5.88. The molecule has 0 spiro atoms. The zero-order valence-corrected chi connectivity index (χ0v) is 12.3. The molecule has 1 N–H and O–H groups in total. The summed E-state index contributed by atoms with van der Waals surface area (Å²) in [5.74, 6) is -0.114. The van der Waals surface area contributed by atoms with Crippen molar-refractivity contribution in [3.8, 4) is 0 Å². The molecule has 1 aromatic carbocycles. The van der Waals surface area contributed by atoms with E-state index < -0.39 is 0 Å². The summed E-state index contributed by atoms with van der Waals surface area (Å²) in [7, 11) is 0. The third-order valence-corrected chi connectivity index (χ3v) is 3.63. The van der Waals surface area contributed by atoms with Crippen LogP contribution in [0.3, 0.4) is 0 Å². The van der Waals surface area contributed by atoms with E-state index in [0.29, 0.717) is 6.54 Å². The Morgan fingerprint density at radius 2 is 2.23 bits per heavy atom. The number of carbonyl (C=O) groups excluding carboxylic acids is 1. The molecule has 1 aromatic heterocycles. The van der Waals surface area contributed by atoms with Crippen LogP contribution in [0.15, 0.2) is 53.9 Å². The monoisotopic (exact) mass is 294 g/mol. The number of nitrogens with one attached hydrogen (secondary N) is 1. The van der Waals surface area contributed by atoms with E-state index >= 15 is 0 Å². The van der Waals surface area contributed by atoms with Crippen LogP contribution in [0.1, 0.15) is 17.5 Å². The second-order valence-corrected chi connectivity index (χ2v) is 5.23. The van der Waals surface area contributed by atoms with Crippen LogP contribution < -0.4 is 10.3 Å². The van der Waals surface area contributed by atoms with E-state index in [1.807, 2.05) is 24.3 Å². The van der Waals surface area contributed by atoms with Crippen molar-refractivity contribution in [1.82, 2.24) is 10.4 Å². The van der Waals surface area contributed by atoms with Gasteiger partial charge in [0.05, 0.1) is 12.8 Å². The Hall–Kier alpha value is -2.69. The number of fused-ring (bicyclic) bond motifs is 1. The largest absolute Gasteiger partial charge is 0.362 e. The van der Waals surface area contributed by atoms with Gasteiger partial charge in [-0.15, -0.1) is 0 Å². The molecular weight excluding hydrogens is 276 g/mol. The first-order valence-electron chi connectivity index (χ1n) is 7.38. The van der Waals surface area contributed by atoms with Crippen molar-refractivity contribution < 1.29 is 4.79 Å². The third-order valence-electron chi connectivity index (χ3n) is 3.63. The zero-order chi connectivity index (χ0) is 15.2. The molecule has 1 aliphatic heterocycles. The number of nitrogens with zero attached hydrogens (tertiary/aromatic N) is 3. The fraction of sp³-hybridized carbons (Fsp3) is 0.235. The van der Waals surface area contributed by atoms with E-state index in [-0.39, 0.29) is 5.91 Å². The first kappa shape index (κ1) is 14.3. The Balaban J connectivity index is 1.58. The second kappa shape index (κ2) is 6.85. The Kier molecular flexibility index (Phi) is 4.44. The molecule has 0 fully saturated rings. The van der Waals surface area contributed by atoms with Crippen molar-refractivity contribution >= 4 is 17.8 Å². The minimum Gasteiger partial charge on any atom is -0.362 e. The number of hydrazone groups is 1. The normalized spacial score (nSPS) is 13.9. The SMILES string of the molecule is O=C(CN1CCCc2ccccc21)N/N=C\c1cccnc1.